The number of rotatable bonds is 0. The first-order valence-electron chi connectivity index (χ1n) is 5.73. The number of carbonyl (C=O) groups is 2. The Morgan fingerprint density at radius 2 is 1.95 bits per heavy atom. The summed E-state index contributed by atoms with van der Waals surface area (Å²) in [6, 6.07) is 1.56. The van der Waals surface area contributed by atoms with Gasteiger partial charge in [0.1, 0.15) is 6.21 Å². The molecule has 12 heteroatoms. The van der Waals surface area contributed by atoms with Crippen LogP contribution in [-0.4, -0.2) is 46.4 Å². The zero-order valence-electron chi connectivity index (χ0n) is 10.7. The van der Waals surface area contributed by atoms with Gasteiger partial charge in [-0.25, -0.2) is 10.9 Å². The van der Waals surface area contributed by atoms with E-state index >= 15 is 0 Å². The summed E-state index contributed by atoms with van der Waals surface area (Å²) in [7, 11) is 0. The molecule has 0 saturated carbocycles. The van der Waals surface area contributed by atoms with E-state index in [-0.39, 0.29) is 0 Å². The fraction of sp³-hybridized carbons (Fsp3) is 0.333. The molecule has 0 bridgehead atoms. The van der Waals surface area contributed by atoms with Gasteiger partial charge in [-0.2, -0.15) is 5.53 Å². The van der Waals surface area contributed by atoms with Crippen LogP contribution in [0.4, 0.5) is 0 Å². The molecule has 0 unspecified atom stereocenters. The van der Waals surface area contributed by atoms with E-state index in [0.29, 0.717) is 5.15 Å². The van der Waals surface area contributed by atoms with Crippen molar-refractivity contribution < 1.29 is 9.59 Å². The maximum absolute atomic E-state index is 10.1. The number of amides is 1. The second-order valence-electron chi connectivity index (χ2n) is 3.38. The van der Waals surface area contributed by atoms with Crippen molar-refractivity contribution in [1.29, 1.82) is 0 Å². The maximum Gasteiger partial charge on any atom is 0.338 e. The molecule has 3 heterocycles. The number of nitrogens with one attached hydrogen (secondary N) is 3. The van der Waals surface area contributed by atoms with Crippen molar-refractivity contribution in [3.8, 4) is 0 Å². The third-order valence-corrected chi connectivity index (χ3v) is 2.03. The number of ketones is 1. The van der Waals surface area contributed by atoms with Gasteiger partial charge in [-0.3, -0.25) is 9.59 Å². The second kappa shape index (κ2) is 10.6. The molecule has 1 amide bonds. The molecule has 21 heavy (non-hydrogen) atoms. The van der Waals surface area contributed by atoms with Gasteiger partial charge in [0, 0.05) is 13.1 Å². The minimum Gasteiger partial charge on any atom is -0.282 e. The van der Waals surface area contributed by atoms with Gasteiger partial charge in [-0.05, 0) is 22.9 Å². The Hall–Kier alpha value is -2.21. The normalized spacial score (nSPS) is 16.4. The van der Waals surface area contributed by atoms with Gasteiger partial charge in [-0.1, -0.05) is 16.7 Å². The highest BCUT2D eigenvalue weighted by atomic mass is 35.5. The molecule has 0 atom stereocenters. The van der Waals surface area contributed by atoms with Crippen LogP contribution in [0.2, 0.25) is 5.15 Å². The molecule has 1 saturated heterocycles. The molecule has 3 N–H and O–H groups in total. The number of hydrogen-bond donors (Lipinski definition) is 3. The van der Waals surface area contributed by atoms with Gasteiger partial charge in [-0.15, -0.1) is 15.3 Å². The highest BCUT2D eigenvalue weighted by molar-refractivity contribution is 6.58. The first-order valence-corrected chi connectivity index (χ1v) is 6.11. The van der Waals surface area contributed by atoms with E-state index in [2.05, 4.69) is 47.2 Å². The zero-order chi connectivity index (χ0) is 15.3. The molecule has 2 aliphatic heterocycles. The van der Waals surface area contributed by atoms with Crippen LogP contribution in [0.1, 0.15) is 6.42 Å². The number of hydrogen-bond acceptors (Lipinski definition) is 10. The fourth-order valence-corrected chi connectivity index (χ4v) is 1.02. The predicted molar refractivity (Wildman–Crippen MR) is 72.0 cm³/mol. The van der Waals surface area contributed by atoms with Crippen molar-refractivity contribution in [1.82, 2.24) is 31.8 Å². The molecular formula is C9H12ClN9O2. The number of nitrogens with zero attached hydrogens (tertiary/aromatic N) is 6. The molecular weight excluding hydrogens is 302 g/mol. The molecule has 0 aliphatic carbocycles. The summed E-state index contributed by atoms with van der Waals surface area (Å²) >= 11 is 5.33. The van der Waals surface area contributed by atoms with Crippen LogP contribution in [0, 0.1) is 0 Å². The number of halogens is 1. The van der Waals surface area contributed by atoms with Gasteiger partial charge < -0.3 is 0 Å². The smallest absolute Gasteiger partial charge is 0.282 e. The molecule has 1 fully saturated rings. The summed E-state index contributed by atoms with van der Waals surface area (Å²) in [5.41, 5.74) is 8.63. The summed E-state index contributed by atoms with van der Waals surface area (Å²) in [6.45, 7) is 2.15. The SMILES string of the molecule is C1CNNNC1.Clc1ccnnn1.O=C1C=NN=NC1=O. The molecule has 0 radical (unpaired) electrons. The average molecular weight is 314 g/mol. The summed E-state index contributed by atoms with van der Waals surface area (Å²) in [4.78, 5) is 20.2. The highest BCUT2D eigenvalue weighted by Gasteiger charge is 2.11. The zero-order valence-corrected chi connectivity index (χ0v) is 11.5. The van der Waals surface area contributed by atoms with Gasteiger partial charge in [0.25, 0.3) is 5.78 Å². The lowest BCUT2D eigenvalue weighted by molar-refractivity contribution is -0.132. The monoisotopic (exact) mass is 313 g/mol. The Bertz CT molecular complexity index is 470. The predicted octanol–water partition coefficient (Wildman–Crippen LogP) is -0.952. The Morgan fingerprint density at radius 1 is 1.19 bits per heavy atom. The molecule has 3 rings (SSSR count). The van der Waals surface area contributed by atoms with E-state index in [1.54, 1.807) is 6.07 Å². The lowest BCUT2D eigenvalue weighted by Gasteiger charge is -2.12. The van der Waals surface area contributed by atoms with Crippen LogP contribution < -0.4 is 16.4 Å². The largest absolute Gasteiger partial charge is 0.338 e. The van der Waals surface area contributed by atoms with Crippen LogP contribution in [0.5, 0.6) is 0 Å². The van der Waals surface area contributed by atoms with Crippen LogP contribution >= 0.6 is 11.6 Å². The van der Waals surface area contributed by atoms with Gasteiger partial charge in [0.15, 0.2) is 5.15 Å². The molecule has 11 nitrogen and oxygen atoms in total. The second-order valence-corrected chi connectivity index (χ2v) is 3.77. The van der Waals surface area contributed by atoms with Crippen molar-refractivity contribution in [2.45, 2.75) is 6.42 Å². The molecule has 1 aromatic rings. The van der Waals surface area contributed by atoms with E-state index in [0.717, 1.165) is 19.3 Å². The standard InChI is InChI=1S/C3H2ClN3.C3HN3O2.C3H9N3/c4-3-1-2-5-7-6-3;7-2-1-4-6-5-3(2)8;1-2-4-6-5-3-1/h1-2H;1H;4-6H,1-3H2. The number of aromatic nitrogens is 3. The van der Waals surface area contributed by atoms with Crippen LogP contribution in [0.25, 0.3) is 0 Å². The van der Waals surface area contributed by atoms with Gasteiger partial charge >= 0.3 is 5.91 Å². The summed E-state index contributed by atoms with van der Waals surface area (Å²) in [5.74, 6) is -1.58. The topological polar surface area (TPSA) is 146 Å². The highest BCUT2D eigenvalue weighted by Crippen LogP contribution is 1.94. The minimum absolute atomic E-state index is 0.370. The first kappa shape index (κ1) is 16.8. The minimum atomic E-state index is -0.861. The third-order valence-electron chi connectivity index (χ3n) is 1.82. The van der Waals surface area contributed by atoms with Gasteiger partial charge in [0.2, 0.25) is 0 Å². The van der Waals surface area contributed by atoms with Crippen molar-refractivity contribution in [2.24, 2.45) is 15.4 Å². The number of hydrazine groups is 2. The molecule has 112 valence electrons. The Kier molecular flexibility index (Phi) is 8.47. The molecule has 2 aliphatic rings. The summed E-state index contributed by atoms with van der Waals surface area (Å²) < 4.78 is 0. The van der Waals surface area contributed by atoms with E-state index in [1.807, 2.05) is 0 Å². The van der Waals surface area contributed by atoms with Crippen LogP contribution in [-0.2, 0) is 9.59 Å². The third kappa shape index (κ3) is 8.54. The van der Waals surface area contributed by atoms with Crippen molar-refractivity contribution in [3.63, 3.8) is 0 Å². The molecule has 0 spiro atoms. The van der Waals surface area contributed by atoms with Crippen molar-refractivity contribution >= 4 is 29.5 Å². The van der Waals surface area contributed by atoms with Crippen molar-refractivity contribution in [3.05, 3.63) is 17.4 Å². The van der Waals surface area contributed by atoms with E-state index in [1.165, 1.54) is 12.6 Å². The Balaban J connectivity index is 0.000000159. The lowest BCUT2D eigenvalue weighted by atomic mass is 10.4. The maximum atomic E-state index is 10.1. The Morgan fingerprint density at radius 3 is 2.24 bits per heavy atom. The first-order chi connectivity index (χ1) is 10.2. The number of carbonyl (C=O) groups excluding carboxylic acids is 2. The van der Waals surface area contributed by atoms with Crippen LogP contribution in [0.15, 0.2) is 27.7 Å². The van der Waals surface area contributed by atoms with E-state index < -0.39 is 11.7 Å². The number of Topliss-reactive ketones (excluding diaryl/α,β-unsaturated/α-hetero) is 1. The lowest BCUT2D eigenvalue weighted by Crippen LogP contribution is -2.49. The summed E-state index contributed by atoms with van der Waals surface area (Å²) in [6.07, 6.45) is 3.53. The average Bonchev–Trinajstić information content (AvgIpc) is 2.54. The quantitative estimate of drug-likeness (QED) is 0.519. The van der Waals surface area contributed by atoms with Crippen molar-refractivity contribution in [2.75, 3.05) is 13.1 Å². The van der Waals surface area contributed by atoms with E-state index in [9.17, 15) is 9.59 Å². The Labute approximate surface area is 124 Å². The molecule has 1 aromatic heterocycles. The van der Waals surface area contributed by atoms with Gasteiger partial charge in [0.05, 0.1) is 6.20 Å². The summed E-state index contributed by atoms with van der Waals surface area (Å²) in [5, 5.41) is 19.3. The van der Waals surface area contributed by atoms with Crippen LogP contribution in [0.3, 0.4) is 0 Å². The fourth-order valence-electron chi connectivity index (χ4n) is 0.928. The van der Waals surface area contributed by atoms with E-state index in [4.69, 9.17) is 11.6 Å². The molecule has 0 aromatic carbocycles.